The van der Waals surface area contributed by atoms with Crippen molar-refractivity contribution in [3.05, 3.63) is 29.3 Å². The van der Waals surface area contributed by atoms with E-state index in [-0.39, 0.29) is 12.5 Å². The van der Waals surface area contributed by atoms with Crippen LogP contribution in [0.1, 0.15) is 18.1 Å². The van der Waals surface area contributed by atoms with Gasteiger partial charge in [0.15, 0.2) is 0 Å². The molecule has 5 nitrogen and oxygen atoms in total. The smallest absolute Gasteiger partial charge is 0.234 e. The summed E-state index contributed by atoms with van der Waals surface area (Å²) in [6.45, 7) is 3.23. The summed E-state index contributed by atoms with van der Waals surface area (Å²) in [6.07, 6.45) is 0. The highest BCUT2D eigenvalue weighted by atomic mass is 16.5. The molecule has 0 atom stereocenters. The minimum atomic E-state index is -0.180. The average molecular weight is 290 g/mol. The molecule has 0 aliphatic heterocycles. The van der Waals surface area contributed by atoms with Gasteiger partial charge >= 0.3 is 0 Å². The quantitative estimate of drug-likeness (QED) is 0.754. The van der Waals surface area contributed by atoms with Crippen LogP contribution in [0.25, 0.3) is 0 Å². The summed E-state index contributed by atoms with van der Waals surface area (Å²) in [5, 5.41) is 11.6. The third kappa shape index (κ3) is 5.86. The van der Waals surface area contributed by atoms with Gasteiger partial charge in [-0.05, 0) is 37.7 Å². The van der Waals surface area contributed by atoms with Gasteiger partial charge in [-0.3, -0.25) is 9.69 Å². The zero-order chi connectivity index (χ0) is 15.7. The highest BCUT2D eigenvalue weighted by Crippen LogP contribution is 2.18. The number of benzene rings is 1. The highest BCUT2D eigenvalue weighted by molar-refractivity contribution is 5.77. The number of methoxy groups -OCH3 is 1. The van der Waals surface area contributed by atoms with Gasteiger partial charge < -0.3 is 15.2 Å². The van der Waals surface area contributed by atoms with Crippen molar-refractivity contribution in [1.29, 1.82) is 0 Å². The predicted molar refractivity (Wildman–Crippen MR) is 82.0 cm³/mol. The van der Waals surface area contributed by atoms with Gasteiger partial charge in [0.1, 0.15) is 12.4 Å². The number of aliphatic hydroxyl groups excluding tert-OH is 1. The van der Waals surface area contributed by atoms with Gasteiger partial charge in [0.05, 0.1) is 13.7 Å². The minimum Gasteiger partial charge on any atom is -0.497 e. The third-order valence-electron chi connectivity index (χ3n) is 2.84. The number of likely N-dealkylation sites (N-methyl/N-ethyl adjacent to an activating group) is 2. The second-order valence-electron chi connectivity index (χ2n) is 4.61. The molecule has 2 N–H and O–H groups in total. The molecule has 21 heavy (non-hydrogen) atoms. The number of amides is 1. The van der Waals surface area contributed by atoms with E-state index >= 15 is 0 Å². The number of hydrogen-bond acceptors (Lipinski definition) is 4. The van der Waals surface area contributed by atoms with Gasteiger partial charge in [-0.15, -0.1) is 0 Å². The molecule has 0 bridgehead atoms. The molecule has 5 heteroatoms. The number of aliphatic hydroxyl groups is 1. The highest BCUT2D eigenvalue weighted by Gasteiger charge is 2.09. The summed E-state index contributed by atoms with van der Waals surface area (Å²) >= 11 is 0. The molecule has 0 fully saturated rings. The summed E-state index contributed by atoms with van der Waals surface area (Å²) in [7, 11) is 3.48. The lowest BCUT2D eigenvalue weighted by Crippen LogP contribution is -2.34. The molecule has 114 valence electrons. The van der Waals surface area contributed by atoms with Gasteiger partial charge in [0.2, 0.25) is 5.91 Å². The lowest BCUT2D eigenvalue weighted by atomic mass is 10.1. The Labute approximate surface area is 125 Å². The number of ether oxygens (including phenoxy) is 1. The zero-order valence-corrected chi connectivity index (χ0v) is 12.8. The molecular formula is C16H22N2O3. The molecule has 0 spiro atoms. The number of rotatable bonds is 6. The van der Waals surface area contributed by atoms with E-state index in [4.69, 9.17) is 9.84 Å². The Bertz CT molecular complexity index is 532. The van der Waals surface area contributed by atoms with Crippen LogP contribution in [0.3, 0.4) is 0 Å². The first kappa shape index (κ1) is 17.0. The largest absolute Gasteiger partial charge is 0.497 e. The van der Waals surface area contributed by atoms with Crippen LogP contribution in [-0.2, 0) is 11.3 Å². The van der Waals surface area contributed by atoms with E-state index < -0.39 is 0 Å². The van der Waals surface area contributed by atoms with E-state index in [9.17, 15) is 4.79 Å². The lowest BCUT2D eigenvalue weighted by Gasteiger charge is -2.17. The number of carbonyl (C=O) groups excluding carboxylic acids is 1. The van der Waals surface area contributed by atoms with Gasteiger partial charge in [-0.2, -0.15) is 0 Å². The number of nitrogens with zero attached hydrogens (tertiary/aromatic N) is 1. The molecule has 0 radical (unpaired) electrons. The number of carbonyl (C=O) groups is 1. The van der Waals surface area contributed by atoms with Crippen molar-refractivity contribution in [1.82, 2.24) is 10.2 Å². The molecule has 0 saturated heterocycles. The van der Waals surface area contributed by atoms with Crippen molar-refractivity contribution in [3.8, 4) is 17.6 Å². The Morgan fingerprint density at radius 2 is 2.24 bits per heavy atom. The Morgan fingerprint density at radius 1 is 1.48 bits per heavy atom. The van der Waals surface area contributed by atoms with Crippen LogP contribution < -0.4 is 10.1 Å². The molecule has 1 aromatic rings. The molecular weight excluding hydrogens is 268 g/mol. The molecule has 0 aliphatic rings. The number of hydrogen-bond donors (Lipinski definition) is 2. The number of nitrogens with one attached hydrogen (secondary N) is 1. The van der Waals surface area contributed by atoms with Crippen molar-refractivity contribution in [2.24, 2.45) is 0 Å². The summed E-state index contributed by atoms with van der Waals surface area (Å²) < 4.78 is 5.22. The normalized spacial score (nSPS) is 9.95. The fourth-order valence-corrected chi connectivity index (χ4v) is 1.93. The average Bonchev–Trinajstić information content (AvgIpc) is 2.45. The van der Waals surface area contributed by atoms with Crippen LogP contribution in [0, 0.1) is 11.8 Å². The van der Waals surface area contributed by atoms with Gasteiger partial charge in [-0.1, -0.05) is 11.8 Å². The molecule has 1 rings (SSSR count). The zero-order valence-electron chi connectivity index (χ0n) is 12.8. The molecule has 0 unspecified atom stereocenters. The third-order valence-corrected chi connectivity index (χ3v) is 2.84. The van der Waals surface area contributed by atoms with Crippen LogP contribution >= 0.6 is 0 Å². The predicted octanol–water partition coefficient (Wildman–Crippen LogP) is 0.607. The minimum absolute atomic E-state index is 0.00844. The van der Waals surface area contributed by atoms with E-state index in [0.29, 0.717) is 19.6 Å². The van der Waals surface area contributed by atoms with Crippen molar-refractivity contribution in [3.63, 3.8) is 0 Å². The van der Waals surface area contributed by atoms with Crippen LogP contribution in [0.15, 0.2) is 18.2 Å². The van der Waals surface area contributed by atoms with Crippen LogP contribution in [0.2, 0.25) is 0 Å². The molecule has 1 amide bonds. The van der Waals surface area contributed by atoms with E-state index in [1.165, 1.54) is 0 Å². The summed E-state index contributed by atoms with van der Waals surface area (Å²) in [5.74, 6) is 6.29. The van der Waals surface area contributed by atoms with Crippen molar-refractivity contribution < 1.29 is 14.6 Å². The second kappa shape index (κ2) is 9.01. The van der Waals surface area contributed by atoms with Gasteiger partial charge in [-0.25, -0.2) is 0 Å². The first-order chi connectivity index (χ1) is 10.1. The Balaban J connectivity index is 2.85. The van der Waals surface area contributed by atoms with Crippen molar-refractivity contribution in [2.45, 2.75) is 13.5 Å². The van der Waals surface area contributed by atoms with Gasteiger partial charge in [0, 0.05) is 18.7 Å². The summed E-state index contributed by atoms with van der Waals surface area (Å²) in [4.78, 5) is 13.5. The molecule has 0 heterocycles. The van der Waals surface area contributed by atoms with E-state index in [1.807, 2.05) is 37.1 Å². The molecule has 1 aromatic carbocycles. The standard InChI is InChI=1S/C16H22N2O3/c1-4-17-16(20)12-18(2)11-14-10-15(21-3)8-7-13(14)6-5-9-19/h7-8,10,19H,4,9,11-12H2,1-3H3,(H,17,20). The van der Waals surface area contributed by atoms with Crippen molar-refractivity contribution in [2.75, 3.05) is 33.9 Å². The Morgan fingerprint density at radius 3 is 2.86 bits per heavy atom. The molecule has 0 aliphatic carbocycles. The topological polar surface area (TPSA) is 61.8 Å². The maximum atomic E-state index is 11.6. The first-order valence-corrected chi connectivity index (χ1v) is 6.82. The maximum Gasteiger partial charge on any atom is 0.234 e. The Kier molecular flexibility index (Phi) is 7.30. The van der Waals surface area contributed by atoms with E-state index in [1.54, 1.807) is 7.11 Å². The lowest BCUT2D eigenvalue weighted by molar-refractivity contribution is -0.121. The van der Waals surface area contributed by atoms with Crippen LogP contribution in [0.4, 0.5) is 0 Å². The fraction of sp³-hybridized carbons (Fsp3) is 0.438. The molecule has 0 saturated carbocycles. The summed E-state index contributed by atoms with van der Waals surface area (Å²) in [6, 6.07) is 5.58. The Hall–Kier alpha value is -2.03. The SMILES string of the molecule is CCNC(=O)CN(C)Cc1cc(OC)ccc1C#CCO. The van der Waals surface area contributed by atoms with Crippen molar-refractivity contribution >= 4 is 5.91 Å². The fourth-order valence-electron chi connectivity index (χ4n) is 1.93. The maximum absolute atomic E-state index is 11.6. The second-order valence-corrected chi connectivity index (χ2v) is 4.61. The first-order valence-electron chi connectivity index (χ1n) is 6.82. The van der Waals surface area contributed by atoms with Gasteiger partial charge in [0.25, 0.3) is 0 Å². The molecule has 0 aromatic heterocycles. The van der Waals surface area contributed by atoms with E-state index in [2.05, 4.69) is 17.2 Å². The van der Waals surface area contributed by atoms with Crippen LogP contribution in [0.5, 0.6) is 5.75 Å². The van der Waals surface area contributed by atoms with E-state index in [0.717, 1.165) is 16.9 Å². The van der Waals surface area contributed by atoms with Crippen LogP contribution in [-0.4, -0.2) is 49.8 Å². The monoisotopic (exact) mass is 290 g/mol. The summed E-state index contributed by atoms with van der Waals surface area (Å²) in [5.41, 5.74) is 1.79.